The minimum absolute atomic E-state index is 0.00982. The van der Waals surface area contributed by atoms with Crippen molar-refractivity contribution in [2.45, 2.75) is 88.6 Å². The van der Waals surface area contributed by atoms with Crippen LogP contribution in [0, 0.1) is 23.1 Å². The number of pyridine rings is 1. The maximum Gasteiger partial charge on any atom is 0.317 e. The lowest BCUT2D eigenvalue weighted by molar-refractivity contribution is 0.107. The zero-order valence-electron chi connectivity index (χ0n) is 26.1. The van der Waals surface area contributed by atoms with Crippen LogP contribution < -0.4 is 15.0 Å². The zero-order chi connectivity index (χ0) is 31.7. The van der Waals surface area contributed by atoms with Crippen molar-refractivity contribution in [1.29, 1.82) is 0 Å². The van der Waals surface area contributed by atoms with Gasteiger partial charge in [-0.25, -0.2) is 23.1 Å². The van der Waals surface area contributed by atoms with Crippen LogP contribution in [0.2, 0.25) is 19.6 Å². The smallest absolute Gasteiger partial charge is 0.317 e. The number of aliphatic hydroxyl groups is 1. The molecule has 0 bridgehead atoms. The second kappa shape index (κ2) is 11.1. The van der Waals surface area contributed by atoms with E-state index in [2.05, 4.69) is 63.1 Å². The summed E-state index contributed by atoms with van der Waals surface area (Å²) in [7, 11) is -1.83. The SMILES string of the molecule is C[C@H]1CCN1c1nc(C2Nc3c(ccc(F)c3C#C[Si](C)(C)C)CC2O)c(F)c2nc(OC[C@@]34CCCN3C[C@H](F)C4)ncc12. The summed E-state index contributed by atoms with van der Waals surface area (Å²) in [5.41, 5.74) is 4.22. The Labute approximate surface area is 262 Å². The second-order valence-corrected chi connectivity index (χ2v) is 18.8. The molecule has 4 aliphatic rings. The Morgan fingerprint density at radius 1 is 1.20 bits per heavy atom. The molecule has 4 aliphatic heterocycles. The number of hydrogen-bond acceptors (Lipinski definition) is 8. The Morgan fingerprint density at radius 2 is 2.02 bits per heavy atom. The van der Waals surface area contributed by atoms with Crippen molar-refractivity contribution in [1.82, 2.24) is 19.9 Å². The first kappa shape index (κ1) is 30.3. The van der Waals surface area contributed by atoms with Gasteiger partial charge in [0, 0.05) is 38.2 Å². The Morgan fingerprint density at radius 3 is 2.76 bits per heavy atom. The van der Waals surface area contributed by atoms with Gasteiger partial charge in [0.1, 0.15) is 43.7 Å². The first-order chi connectivity index (χ1) is 21.4. The summed E-state index contributed by atoms with van der Waals surface area (Å²) in [6.07, 6.45) is 2.95. The van der Waals surface area contributed by atoms with Gasteiger partial charge in [-0.3, -0.25) is 4.90 Å². The average Bonchev–Trinajstić information content (AvgIpc) is 3.51. The monoisotopic (exact) mass is 636 g/mol. The summed E-state index contributed by atoms with van der Waals surface area (Å²) in [5.74, 6) is 2.39. The van der Waals surface area contributed by atoms with Crippen molar-refractivity contribution >= 4 is 30.5 Å². The predicted octanol–water partition coefficient (Wildman–Crippen LogP) is 5.16. The fourth-order valence-electron chi connectivity index (χ4n) is 7.19. The maximum absolute atomic E-state index is 16.6. The van der Waals surface area contributed by atoms with E-state index < -0.39 is 43.6 Å². The molecule has 45 heavy (non-hydrogen) atoms. The molecule has 3 fully saturated rings. The van der Waals surface area contributed by atoms with Crippen molar-refractivity contribution in [2.75, 3.05) is 36.5 Å². The number of nitrogens with one attached hydrogen (secondary N) is 1. The molecule has 1 aromatic carbocycles. The van der Waals surface area contributed by atoms with Crippen LogP contribution in [0.15, 0.2) is 18.3 Å². The van der Waals surface area contributed by atoms with Gasteiger partial charge in [-0.15, -0.1) is 5.54 Å². The van der Waals surface area contributed by atoms with Gasteiger partial charge in [-0.05, 0) is 44.4 Å². The van der Waals surface area contributed by atoms with E-state index in [-0.39, 0.29) is 41.9 Å². The third-order valence-corrected chi connectivity index (χ3v) is 10.6. The number of hydrogen-bond donors (Lipinski definition) is 2. The van der Waals surface area contributed by atoms with Gasteiger partial charge in [0.25, 0.3) is 0 Å². The van der Waals surface area contributed by atoms with Gasteiger partial charge in [0.15, 0.2) is 5.82 Å². The van der Waals surface area contributed by atoms with Gasteiger partial charge in [0.2, 0.25) is 0 Å². The molecule has 2 unspecified atom stereocenters. The Hall–Kier alpha value is -3.40. The van der Waals surface area contributed by atoms with E-state index in [1.165, 1.54) is 12.3 Å². The molecule has 3 aromatic rings. The quantitative estimate of drug-likeness (QED) is 0.294. The average molecular weight is 637 g/mol. The van der Waals surface area contributed by atoms with Crippen LogP contribution in [0.25, 0.3) is 10.9 Å². The van der Waals surface area contributed by atoms with E-state index in [4.69, 9.17) is 9.72 Å². The number of ether oxygens (including phenoxy) is 1. The second-order valence-electron chi connectivity index (χ2n) is 14.1. The van der Waals surface area contributed by atoms with Crippen molar-refractivity contribution < 1.29 is 23.0 Å². The van der Waals surface area contributed by atoms with Gasteiger partial charge >= 0.3 is 6.01 Å². The molecule has 8 nitrogen and oxygen atoms in total. The van der Waals surface area contributed by atoms with Gasteiger partial charge in [-0.2, -0.15) is 4.98 Å². The minimum atomic E-state index is -1.83. The summed E-state index contributed by atoms with van der Waals surface area (Å²) in [5, 5.41) is 15.0. The first-order valence-corrected chi connectivity index (χ1v) is 19.4. The summed E-state index contributed by atoms with van der Waals surface area (Å²) < 4.78 is 52.1. The number of fused-ring (bicyclic) bond motifs is 3. The minimum Gasteiger partial charge on any atom is -0.461 e. The highest BCUT2D eigenvalue weighted by Crippen LogP contribution is 2.42. The number of aliphatic hydroxyl groups excluding tert-OH is 1. The van der Waals surface area contributed by atoms with E-state index in [0.29, 0.717) is 35.4 Å². The molecule has 3 saturated heterocycles. The van der Waals surface area contributed by atoms with E-state index in [1.54, 1.807) is 6.07 Å². The van der Waals surface area contributed by atoms with Crippen molar-refractivity contribution in [3.05, 3.63) is 46.8 Å². The standard InChI is InChI=1S/C33H39F3N6O2Si/c1-19-8-12-42(19)31-23-16-37-32(44-18-33-10-5-11-41(33)17-21(34)15-33)40-28(23)26(36)30(39-31)29-25(43)14-20-6-7-24(35)22(27(20)38-29)9-13-45(2,3)4/h6-7,16,19,21,25,29,38,43H,5,8,10-12,14-15,17-18H2,1-4H3/t19-,21+,25?,29?,33-/m0/s1. The van der Waals surface area contributed by atoms with Gasteiger partial charge in [0.05, 0.1) is 34.3 Å². The van der Waals surface area contributed by atoms with Crippen molar-refractivity contribution in [3.63, 3.8) is 0 Å². The van der Waals surface area contributed by atoms with Crippen LogP contribution in [0.1, 0.15) is 55.5 Å². The maximum atomic E-state index is 16.6. The van der Waals surface area contributed by atoms with Gasteiger partial charge in [-0.1, -0.05) is 31.6 Å². The molecule has 12 heteroatoms. The molecule has 6 heterocycles. The van der Waals surface area contributed by atoms with Gasteiger partial charge < -0.3 is 20.1 Å². The summed E-state index contributed by atoms with van der Waals surface area (Å²) in [6, 6.07) is 2.21. The lowest BCUT2D eigenvalue weighted by atomic mass is 9.90. The first-order valence-electron chi connectivity index (χ1n) is 15.9. The lowest BCUT2D eigenvalue weighted by Gasteiger charge is -2.41. The van der Waals surface area contributed by atoms with Crippen LogP contribution in [-0.2, 0) is 6.42 Å². The number of alkyl halides is 1. The molecule has 0 aliphatic carbocycles. The highest BCUT2D eigenvalue weighted by molar-refractivity contribution is 6.83. The lowest BCUT2D eigenvalue weighted by Crippen LogP contribution is -2.46. The Bertz CT molecular complexity index is 1720. The van der Waals surface area contributed by atoms with E-state index >= 15 is 8.78 Å². The Kier molecular flexibility index (Phi) is 7.49. The number of halogens is 3. The largest absolute Gasteiger partial charge is 0.461 e. The molecule has 0 amide bonds. The van der Waals surface area contributed by atoms with E-state index in [9.17, 15) is 9.50 Å². The zero-order valence-corrected chi connectivity index (χ0v) is 27.1. The third kappa shape index (κ3) is 5.42. The molecule has 2 N–H and O–H groups in total. The number of benzene rings is 1. The van der Waals surface area contributed by atoms with Crippen LogP contribution in [0.3, 0.4) is 0 Å². The van der Waals surface area contributed by atoms with E-state index in [0.717, 1.165) is 32.4 Å². The molecule has 0 radical (unpaired) electrons. The highest BCUT2D eigenvalue weighted by Gasteiger charge is 2.49. The molecule has 5 atom stereocenters. The fourth-order valence-corrected chi connectivity index (χ4v) is 7.69. The molecular formula is C33H39F3N6O2Si. The van der Waals surface area contributed by atoms with Crippen LogP contribution in [0.5, 0.6) is 6.01 Å². The number of nitrogens with zero attached hydrogens (tertiary/aromatic N) is 5. The number of anilines is 2. The van der Waals surface area contributed by atoms with Crippen molar-refractivity contribution in [3.8, 4) is 17.5 Å². The van der Waals surface area contributed by atoms with Crippen LogP contribution >= 0.6 is 0 Å². The van der Waals surface area contributed by atoms with Crippen LogP contribution in [0.4, 0.5) is 24.7 Å². The van der Waals surface area contributed by atoms with E-state index in [1.807, 2.05) is 0 Å². The highest BCUT2D eigenvalue weighted by atomic mass is 28.3. The Balaban J connectivity index is 1.28. The molecule has 7 rings (SSSR count). The molecule has 0 spiro atoms. The molecule has 0 saturated carbocycles. The third-order valence-electron chi connectivity index (χ3n) is 9.70. The molecule has 2 aromatic heterocycles. The summed E-state index contributed by atoms with van der Waals surface area (Å²) >= 11 is 0. The molecular weight excluding hydrogens is 597 g/mol. The number of rotatable bonds is 5. The fraction of sp³-hybridized carbons (Fsp3) is 0.545. The topological polar surface area (TPSA) is 86.6 Å². The van der Waals surface area contributed by atoms with Crippen LogP contribution in [-0.4, -0.2) is 83.1 Å². The molecule has 238 valence electrons. The van der Waals surface area contributed by atoms with Crippen molar-refractivity contribution in [2.24, 2.45) is 0 Å². The summed E-state index contributed by atoms with van der Waals surface area (Å²) in [4.78, 5) is 17.9. The number of aromatic nitrogens is 3. The predicted molar refractivity (Wildman–Crippen MR) is 170 cm³/mol. The summed E-state index contributed by atoms with van der Waals surface area (Å²) in [6.45, 7) is 10.5. The normalized spacial score (nSPS) is 27.8.